The highest BCUT2D eigenvalue weighted by molar-refractivity contribution is 5.66. The molecule has 4 atom stereocenters. The Kier molecular flexibility index (Phi) is 4.48. The first kappa shape index (κ1) is 15.0. The molecule has 0 aromatic heterocycles. The van der Waals surface area contributed by atoms with E-state index in [0.717, 1.165) is 36.8 Å². The molecule has 2 aliphatic rings. The largest absolute Gasteiger partial charge is 0.461 e. The average Bonchev–Trinajstić information content (AvgIpc) is 2.72. The zero-order chi connectivity index (χ0) is 14.9. The lowest BCUT2D eigenvalue weighted by Gasteiger charge is -2.29. The number of ether oxygens (including phenoxy) is 1. The van der Waals surface area contributed by atoms with Crippen molar-refractivity contribution < 1.29 is 14.6 Å². The quantitative estimate of drug-likeness (QED) is 0.636. The zero-order valence-corrected chi connectivity index (χ0v) is 12.2. The summed E-state index contributed by atoms with van der Waals surface area (Å²) in [5, 5.41) is 10.7. The number of allylic oxidation sites excluding steroid dienone is 1. The first-order chi connectivity index (χ1) is 9.41. The van der Waals surface area contributed by atoms with Crippen molar-refractivity contribution in [1.29, 1.82) is 0 Å². The highest BCUT2D eigenvalue weighted by atomic mass is 16.5. The minimum Gasteiger partial charge on any atom is -0.461 e. The van der Waals surface area contributed by atoms with Gasteiger partial charge in [-0.15, -0.1) is 0 Å². The van der Waals surface area contributed by atoms with Crippen LogP contribution in [0, 0.1) is 17.8 Å². The van der Waals surface area contributed by atoms with Crippen LogP contribution >= 0.6 is 0 Å². The summed E-state index contributed by atoms with van der Waals surface area (Å²) in [5.41, 5.74) is 3.13. The van der Waals surface area contributed by atoms with Crippen molar-refractivity contribution in [3.05, 3.63) is 36.5 Å². The highest BCUT2D eigenvalue weighted by Crippen LogP contribution is 2.48. The van der Waals surface area contributed by atoms with Gasteiger partial charge in [0.1, 0.15) is 6.61 Å². The van der Waals surface area contributed by atoms with Gasteiger partial charge in [-0.25, -0.2) is 0 Å². The van der Waals surface area contributed by atoms with Crippen LogP contribution in [0.1, 0.15) is 32.6 Å². The summed E-state index contributed by atoms with van der Waals surface area (Å²) in [5.74, 6) is 0.0749. The number of hydrogen-bond donors (Lipinski definition) is 1. The van der Waals surface area contributed by atoms with Crippen LogP contribution in [-0.2, 0) is 9.53 Å². The molecule has 1 N–H and O–H groups in total. The summed E-state index contributed by atoms with van der Waals surface area (Å²) >= 11 is 0. The second-order valence-electron chi connectivity index (χ2n) is 6.06. The molecule has 0 aliphatic heterocycles. The molecule has 2 rings (SSSR count). The maximum absolute atomic E-state index is 10.9. The Morgan fingerprint density at radius 3 is 2.60 bits per heavy atom. The fraction of sp³-hybridized carbons (Fsp3) is 0.588. The van der Waals surface area contributed by atoms with Crippen molar-refractivity contribution >= 4 is 5.97 Å². The Hall–Kier alpha value is -1.35. The minimum atomic E-state index is -0.489. The van der Waals surface area contributed by atoms with Gasteiger partial charge >= 0.3 is 5.97 Å². The number of rotatable bonds is 3. The van der Waals surface area contributed by atoms with Gasteiger partial charge in [0.05, 0.1) is 6.10 Å². The van der Waals surface area contributed by atoms with E-state index in [1.807, 2.05) is 0 Å². The summed E-state index contributed by atoms with van der Waals surface area (Å²) < 4.78 is 5.02. The summed E-state index contributed by atoms with van der Waals surface area (Å²) in [6.07, 6.45) is 3.24. The summed E-state index contributed by atoms with van der Waals surface area (Å²) in [7, 11) is 0. The molecule has 0 saturated heterocycles. The summed E-state index contributed by atoms with van der Waals surface area (Å²) in [4.78, 5) is 10.9. The van der Waals surface area contributed by atoms with Crippen LogP contribution in [0.3, 0.4) is 0 Å². The van der Waals surface area contributed by atoms with Crippen LogP contribution < -0.4 is 0 Å². The van der Waals surface area contributed by atoms with E-state index in [1.165, 1.54) is 12.5 Å². The maximum Gasteiger partial charge on any atom is 0.302 e. The second kappa shape index (κ2) is 5.96. The lowest BCUT2D eigenvalue weighted by atomic mass is 9.80. The van der Waals surface area contributed by atoms with Crippen molar-refractivity contribution in [2.75, 3.05) is 6.61 Å². The third-order valence-electron chi connectivity index (χ3n) is 4.75. The molecule has 2 saturated carbocycles. The average molecular weight is 276 g/mol. The van der Waals surface area contributed by atoms with Crippen LogP contribution in [0.25, 0.3) is 0 Å². The van der Waals surface area contributed by atoms with Crippen LogP contribution in [0.15, 0.2) is 36.5 Å². The number of esters is 1. The molecule has 0 spiro atoms. The molecule has 0 aromatic carbocycles. The van der Waals surface area contributed by atoms with Crippen molar-refractivity contribution in [3.63, 3.8) is 0 Å². The molecule has 3 nitrogen and oxygen atoms in total. The topological polar surface area (TPSA) is 46.5 Å². The van der Waals surface area contributed by atoms with Gasteiger partial charge < -0.3 is 9.84 Å². The summed E-state index contributed by atoms with van der Waals surface area (Å²) in [6, 6.07) is 0. The lowest BCUT2D eigenvalue weighted by molar-refractivity contribution is -0.140. The van der Waals surface area contributed by atoms with Crippen molar-refractivity contribution in [2.24, 2.45) is 17.8 Å². The Bertz CT molecular complexity index is 449. The number of carbonyl (C=O) groups is 1. The SMILES string of the molecule is C=C1CC[C@H]2C(=C)CC[C@@H](C(=C)COC(C)=O)[C@H](O)[C@@H]12. The van der Waals surface area contributed by atoms with Crippen molar-refractivity contribution in [3.8, 4) is 0 Å². The summed E-state index contributed by atoms with van der Waals surface area (Å²) in [6.45, 7) is 13.9. The van der Waals surface area contributed by atoms with Gasteiger partial charge in [-0.05, 0) is 37.2 Å². The first-order valence-corrected chi connectivity index (χ1v) is 7.26. The molecule has 0 amide bonds. The van der Waals surface area contributed by atoms with Gasteiger partial charge in [0, 0.05) is 18.8 Å². The number of hydrogen-bond acceptors (Lipinski definition) is 3. The molecule has 3 heteroatoms. The van der Waals surface area contributed by atoms with E-state index in [1.54, 1.807) is 0 Å². The van der Waals surface area contributed by atoms with E-state index in [4.69, 9.17) is 4.74 Å². The molecule has 2 aliphatic carbocycles. The molecular formula is C17H24O3. The smallest absolute Gasteiger partial charge is 0.302 e. The first-order valence-electron chi connectivity index (χ1n) is 7.26. The van der Waals surface area contributed by atoms with E-state index < -0.39 is 6.10 Å². The van der Waals surface area contributed by atoms with Gasteiger partial charge in [-0.2, -0.15) is 0 Å². The van der Waals surface area contributed by atoms with Gasteiger partial charge in [-0.3, -0.25) is 4.79 Å². The van der Waals surface area contributed by atoms with Crippen LogP contribution in [0.4, 0.5) is 0 Å². The van der Waals surface area contributed by atoms with E-state index in [9.17, 15) is 9.90 Å². The lowest BCUT2D eigenvalue weighted by Crippen LogP contribution is -2.32. The van der Waals surface area contributed by atoms with Crippen molar-refractivity contribution in [1.82, 2.24) is 0 Å². The Morgan fingerprint density at radius 1 is 1.30 bits per heavy atom. The standard InChI is InChI=1S/C17H24O3/c1-10-5-8-15(12(3)9-20-13(4)18)17(19)16-11(2)6-7-14(10)16/h14-17,19H,1-3,5-9H2,4H3/t14-,15-,16-,17-/m0/s1. The Labute approximate surface area is 121 Å². The maximum atomic E-state index is 10.9. The van der Waals surface area contributed by atoms with Crippen molar-refractivity contribution in [2.45, 2.75) is 38.7 Å². The number of aliphatic hydroxyl groups is 1. The normalized spacial score (nSPS) is 33.5. The highest BCUT2D eigenvalue weighted by Gasteiger charge is 2.43. The third kappa shape index (κ3) is 2.88. The number of carbonyl (C=O) groups excluding carboxylic acids is 1. The van der Waals surface area contributed by atoms with Crippen LogP contribution in [-0.4, -0.2) is 23.8 Å². The molecule has 0 bridgehead atoms. The number of fused-ring (bicyclic) bond motifs is 1. The Balaban J connectivity index is 2.14. The van der Waals surface area contributed by atoms with E-state index in [2.05, 4.69) is 19.7 Å². The van der Waals surface area contributed by atoms with Gasteiger partial charge in [0.25, 0.3) is 0 Å². The van der Waals surface area contributed by atoms with Gasteiger partial charge in [0.2, 0.25) is 0 Å². The molecule has 0 unspecified atom stereocenters. The molecule has 2 fully saturated rings. The van der Waals surface area contributed by atoms with Crippen LogP contribution in [0.2, 0.25) is 0 Å². The Morgan fingerprint density at radius 2 is 1.95 bits per heavy atom. The van der Waals surface area contributed by atoms with E-state index >= 15 is 0 Å². The second-order valence-corrected chi connectivity index (χ2v) is 6.06. The number of aliphatic hydroxyl groups excluding tert-OH is 1. The monoisotopic (exact) mass is 276 g/mol. The molecular weight excluding hydrogens is 252 g/mol. The molecule has 110 valence electrons. The third-order valence-corrected chi connectivity index (χ3v) is 4.75. The predicted molar refractivity (Wildman–Crippen MR) is 79.0 cm³/mol. The molecule has 0 aromatic rings. The zero-order valence-electron chi connectivity index (χ0n) is 12.2. The predicted octanol–water partition coefficient (Wildman–Crippen LogP) is 3.02. The van der Waals surface area contributed by atoms with Gasteiger partial charge in [-0.1, -0.05) is 30.9 Å². The fourth-order valence-electron chi connectivity index (χ4n) is 3.60. The van der Waals surface area contributed by atoms with Gasteiger partial charge in [0.15, 0.2) is 0 Å². The fourth-order valence-corrected chi connectivity index (χ4v) is 3.60. The van der Waals surface area contributed by atoms with E-state index in [-0.39, 0.29) is 24.4 Å². The van der Waals surface area contributed by atoms with E-state index in [0.29, 0.717) is 5.92 Å². The van der Waals surface area contributed by atoms with Crippen LogP contribution in [0.5, 0.6) is 0 Å². The molecule has 0 radical (unpaired) electrons. The minimum absolute atomic E-state index is 0.0454. The molecule has 20 heavy (non-hydrogen) atoms. The molecule has 0 heterocycles.